The summed E-state index contributed by atoms with van der Waals surface area (Å²) >= 11 is 0. The third-order valence-corrected chi connectivity index (χ3v) is 4.13. The second kappa shape index (κ2) is 12.2. The van der Waals surface area contributed by atoms with Crippen molar-refractivity contribution in [2.45, 2.75) is 19.8 Å². The second-order valence-electron chi connectivity index (χ2n) is 6.39. The highest BCUT2D eigenvalue weighted by molar-refractivity contribution is 5.97. The predicted octanol–water partition coefficient (Wildman–Crippen LogP) is 3.19. The zero-order chi connectivity index (χ0) is 21.8. The van der Waals surface area contributed by atoms with Crippen molar-refractivity contribution in [3.05, 3.63) is 64.2 Å². The van der Waals surface area contributed by atoms with E-state index in [1.165, 1.54) is 6.07 Å². The molecule has 0 spiro atoms. The largest absolute Gasteiger partial charge is 0.382 e. The molecule has 160 valence electrons. The quantitative estimate of drug-likeness (QED) is 0.278. The minimum absolute atomic E-state index is 0.0436. The number of carbonyl (C=O) groups excluding carboxylic acids is 2. The summed E-state index contributed by atoms with van der Waals surface area (Å²) in [5, 5.41) is 19.4. The lowest BCUT2D eigenvalue weighted by Gasteiger charge is -2.09. The number of amides is 2. The summed E-state index contributed by atoms with van der Waals surface area (Å²) in [5.41, 5.74) is 1.27. The van der Waals surface area contributed by atoms with Crippen LogP contribution in [0.3, 0.4) is 0 Å². The lowest BCUT2D eigenvalue weighted by Crippen LogP contribution is -2.25. The van der Waals surface area contributed by atoms with Crippen molar-refractivity contribution in [3.8, 4) is 0 Å². The Bertz CT molecular complexity index is 872. The van der Waals surface area contributed by atoms with E-state index in [0.29, 0.717) is 36.7 Å². The molecule has 2 aromatic rings. The number of para-hydroxylation sites is 2. The molecule has 0 saturated carbocycles. The van der Waals surface area contributed by atoms with Crippen molar-refractivity contribution >= 4 is 28.9 Å². The highest BCUT2D eigenvalue weighted by Gasteiger charge is 2.12. The van der Waals surface area contributed by atoms with Crippen LogP contribution in [-0.2, 0) is 9.53 Å². The van der Waals surface area contributed by atoms with Gasteiger partial charge in [-0.2, -0.15) is 0 Å². The zero-order valence-corrected chi connectivity index (χ0v) is 16.8. The Morgan fingerprint density at radius 2 is 1.90 bits per heavy atom. The van der Waals surface area contributed by atoms with Crippen molar-refractivity contribution in [1.29, 1.82) is 0 Å². The molecule has 0 fully saturated rings. The van der Waals surface area contributed by atoms with Crippen LogP contribution in [0.15, 0.2) is 48.5 Å². The summed E-state index contributed by atoms with van der Waals surface area (Å²) in [5.74, 6) is -0.490. The number of nitrogens with one attached hydrogen (secondary N) is 3. The van der Waals surface area contributed by atoms with Crippen molar-refractivity contribution in [1.82, 2.24) is 5.32 Å². The Balaban J connectivity index is 1.81. The van der Waals surface area contributed by atoms with Crippen molar-refractivity contribution in [2.75, 3.05) is 36.9 Å². The maximum atomic E-state index is 12.2. The maximum absolute atomic E-state index is 12.2. The van der Waals surface area contributed by atoms with Gasteiger partial charge in [-0.05, 0) is 37.6 Å². The fourth-order valence-corrected chi connectivity index (χ4v) is 2.68. The molecule has 2 amide bonds. The van der Waals surface area contributed by atoms with Crippen LogP contribution in [0.5, 0.6) is 0 Å². The number of ether oxygens (including phenoxy) is 1. The molecule has 3 N–H and O–H groups in total. The van der Waals surface area contributed by atoms with Gasteiger partial charge in [0.1, 0.15) is 5.69 Å². The number of nitrogens with zero attached hydrogens (tertiary/aromatic N) is 1. The summed E-state index contributed by atoms with van der Waals surface area (Å²) in [6, 6.07) is 12.9. The Hall–Kier alpha value is -3.46. The van der Waals surface area contributed by atoms with Crippen LogP contribution in [0.1, 0.15) is 30.1 Å². The van der Waals surface area contributed by atoms with E-state index < -0.39 is 4.92 Å². The van der Waals surface area contributed by atoms with Gasteiger partial charge in [0.05, 0.1) is 4.92 Å². The van der Waals surface area contributed by atoms with Gasteiger partial charge >= 0.3 is 0 Å². The van der Waals surface area contributed by atoms with Crippen LogP contribution >= 0.6 is 0 Å². The normalized spacial score (nSPS) is 10.3. The molecule has 9 heteroatoms. The number of anilines is 2. The Kier molecular flexibility index (Phi) is 9.26. The van der Waals surface area contributed by atoms with E-state index in [1.54, 1.807) is 42.5 Å². The standard InChI is InChI=1S/C21H26N4O5/c1-2-30-14-6-12-23-21(27)16-7-5-8-17(15-16)24-20(26)11-13-22-18-9-3-4-10-19(18)25(28)29/h3-5,7-10,15,22H,2,6,11-14H2,1H3,(H,23,27)(H,24,26). The topological polar surface area (TPSA) is 123 Å². The van der Waals surface area contributed by atoms with E-state index in [2.05, 4.69) is 16.0 Å². The zero-order valence-electron chi connectivity index (χ0n) is 16.8. The van der Waals surface area contributed by atoms with Crippen LogP contribution < -0.4 is 16.0 Å². The molecule has 0 radical (unpaired) electrons. The molecule has 0 aromatic heterocycles. The SMILES string of the molecule is CCOCCCNC(=O)c1cccc(NC(=O)CCNc2ccccc2[N+](=O)[O-])c1. The first-order valence-electron chi connectivity index (χ1n) is 9.74. The van der Waals surface area contributed by atoms with Gasteiger partial charge in [0, 0.05) is 50.0 Å². The van der Waals surface area contributed by atoms with Crippen LogP contribution in [0.2, 0.25) is 0 Å². The second-order valence-corrected chi connectivity index (χ2v) is 6.39. The number of nitro benzene ring substituents is 1. The minimum atomic E-state index is -0.476. The Labute approximate surface area is 175 Å². The van der Waals surface area contributed by atoms with E-state index in [4.69, 9.17) is 4.74 Å². The van der Waals surface area contributed by atoms with Crippen LogP contribution in [0.4, 0.5) is 17.1 Å². The summed E-state index contributed by atoms with van der Waals surface area (Å²) in [7, 11) is 0. The van der Waals surface area contributed by atoms with Crippen molar-refractivity contribution in [3.63, 3.8) is 0 Å². The molecule has 0 heterocycles. The molecule has 0 aliphatic carbocycles. The van der Waals surface area contributed by atoms with E-state index >= 15 is 0 Å². The lowest BCUT2D eigenvalue weighted by molar-refractivity contribution is -0.384. The Morgan fingerprint density at radius 3 is 2.67 bits per heavy atom. The third-order valence-electron chi connectivity index (χ3n) is 4.13. The molecular formula is C21H26N4O5. The highest BCUT2D eigenvalue weighted by Crippen LogP contribution is 2.22. The van der Waals surface area contributed by atoms with E-state index in [0.717, 1.165) is 6.42 Å². The first kappa shape index (κ1) is 22.8. The molecule has 9 nitrogen and oxygen atoms in total. The molecule has 0 saturated heterocycles. The van der Waals surface area contributed by atoms with E-state index in [9.17, 15) is 19.7 Å². The van der Waals surface area contributed by atoms with Crippen molar-refractivity contribution in [2.24, 2.45) is 0 Å². The highest BCUT2D eigenvalue weighted by atomic mass is 16.6. The van der Waals surface area contributed by atoms with Crippen LogP contribution in [0.25, 0.3) is 0 Å². The molecule has 30 heavy (non-hydrogen) atoms. The fraction of sp³-hybridized carbons (Fsp3) is 0.333. The first-order chi connectivity index (χ1) is 14.5. The van der Waals surface area contributed by atoms with Gasteiger partial charge in [-0.25, -0.2) is 0 Å². The number of carbonyl (C=O) groups is 2. The number of hydrogen-bond acceptors (Lipinski definition) is 6. The van der Waals surface area contributed by atoms with Gasteiger partial charge in [0.25, 0.3) is 11.6 Å². The molecular weight excluding hydrogens is 388 g/mol. The summed E-state index contributed by atoms with van der Waals surface area (Å²) in [6.45, 7) is 3.89. The van der Waals surface area contributed by atoms with Gasteiger partial charge in [-0.3, -0.25) is 19.7 Å². The van der Waals surface area contributed by atoms with Gasteiger partial charge in [0.15, 0.2) is 0 Å². The summed E-state index contributed by atoms with van der Waals surface area (Å²) in [4.78, 5) is 34.9. The van der Waals surface area contributed by atoms with Gasteiger partial charge < -0.3 is 20.7 Å². The van der Waals surface area contributed by atoms with Crippen molar-refractivity contribution < 1.29 is 19.2 Å². The van der Waals surface area contributed by atoms with Gasteiger partial charge in [-0.1, -0.05) is 18.2 Å². The number of hydrogen-bond donors (Lipinski definition) is 3. The Morgan fingerprint density at radius 1 is 1.10 bits per heavy atom. The predicted molar refractivity (Wildman–Crippen MR) is 115 cm³/mol. The number of rotatable bonds is 12. The van der Waals surface area contributed by atoms with E-state index in [-0.39, 0.29) is 30.5 Å². The molecule has 2 rings (SSSR count). The average molecular weight is 414 g/mol. The molecule has 0 unspecified atom stereocenters. The average Bonchev–Trinajstić information content (AvgIpc) is 2.74. The van der Waals surface area contributed by atoms with Gasteiger partial charge in [-0.15, -0.1) is 0 Å². The molecule has 0 bridgehead atoms. The summed E-state index contributed by atoms with van der Waals surface area (Å²) < 4.78 is 5.23. The monoisotopic (exact) mass is 414 g/mol. The van der Waals surface area contributed by atoms with Crippen LogP contribution in [0, 0.1) is 10.1 Å². The maximum Gasteiger partial charge on any atom is 0.292 e. The first-order valence-corrected chi connectivity index (χ1v) is 9.74. The number of nitro groups is 1. The van der Waals surface area contributed by atoms with Gasteiger partial charge in [0.2, 0.25) is 5.91 Å². The fourth-order valence-electron chi connectivity index (χ4n) is 2.68. The summed E-state index contributed by atoms with van der Waals surface area (Å²) in [6.07, 6.45) is 0.836. The molecule has 0 atom stereocenters. The molecule has 2 aromatic carbocycles. The number of benzene rings is 2. The lowest BCUT2D eigenvalue weighted by atomic mass is 10.2. The molecule has 0 aliphatic heterocycles. The third kappa shape index (κ3) is 7.51. The van der Waals surface area contributed by atoms with E-state index in [1.807, 2.05) is 6.92 Å². The molecule has 0 aliphatic rings. The minimum Gasteiger partial charge on any atom is -0.382 e. The smallest absolute Gasteiger partial charge is 0.292 e. The van der Waals surface area contributed by atoms with Crippen LogP contribution in [-0.4, -0.2) is 43.0 Å².